The molecule has 0 unspecified atom stereocenters. The van der Waals surface area contributed by atoms with Gasteiger partial charge in [-0.2, -0.15) is 0 Å². The van der Waals surface area contributed by atoms with Crippen molar-refractivity contribution in [1.29, 1.82) is 0 Å². The molecule has 3 aromatic rings. The Labute approximate surface area is 121 Å². The standard InChI is InChI=1S/C15H10FNO2.C2H6/c16-10-7-5-9(6-8-10)13-14(18)11-3-1-2-4-12(11)17-15(13)19;1-2/h1-8H,(H2,17,18,19);1-2H3. The SMILES string of the molecule is CC.O=c1[nH]c2ccccc2c(O)c1-c1ccc(F)cc1. The lowest BCUT2D eigenvalue weighted by Crippen LogP contribution is -2.09. The Morgan fingerprint density at radius 3 is 2.29 bits per heavy atom. The fourth-order valence-electron chi connectivity index (χ4n) is 2.11. The summed E-state index contributed by atoms with van der Waals surface area (Å²) in [5.41, 5.74) is 0.795. The first-order valence-corrected chi connectivity index (χ1v) is 6.77. The van der Waals surface area contributed by atoms with E-state index in [9.17, 15) is 14.3 Å². The summed E-state index contributed by atoms with van der Waals surface area (Å²) in [6.45, 7) is 4.00. The second-order valence-electron chi connectivity index (χ2n) is 4.23. The van der Waals surface area contributed by atoms with Gasteiger partial charge < -0.3 is 10.1 Å². The molecule has 0 aliphatic heterocycles. The molecule has 0 saturated carbocycles. The maximum absolute atomic E-state index is 12.9. The average Bonchev–Trinajstić information content (AvgIpc) is 2.51. The second-order valence-corrected chi connectivity index (χ2v) is 4.23. The van der Waals surface area contributed by atoms with Crippen LogP contribution < -0.4 is 5.56 Å². The summed E-state index contributed by atoms with van der Waals surface area (Å²) >= 11 is 0. The lowest BCUT2D eigenvalue weighted by Gasteiger charge is -2.07. The van der Waals surface area contributed by atoms with E-state index in [-0.39, 0.29) is 17.1 Å². The number of fused-ring (bicyclic) bond motifs is 1. The summed E-state index contributed by atoms with van der Waals surface area (Å²) in [5.74, 6) is -0.480. The van der Waals surface area contributed by atoms with Crippen LogP contribution in [-0.2, 0) is 0 Å². The van der Waals surface area contributed by atoms with Crippen molar-refractivity contribution in [3.63, 3.8) is 0 Å². The zero-order chi connectivity index (χ0) is 15.4. The van der Waals surface area contributed by atoms with Gasteiger partial charge in [0.15, 0.2) is 0 Å². The van der Waals surface area contributed by atoms with Crippen molar-refractivity contribution in [2.24, 2.45) is 0 Å². The molecule has 0 amide bonds. The summed E-state index contributed by atoms with van der Waals surface area (Å²) < 4.78 is 12.9. The second kappa shape index (κ2) is 6.22. The number of aromatic hydroxyl groups is 1. The lowest BCUT2D eigenvalue weighted by atomic mass is 10.0. The molecular formula is C17H16FNO2. The fraction of sp³-hybridized carbons (Fsp3) is 0.118. The van der Waals surface area contributed by atoms with E-state index in [0.717, 1.165) is 0 Å². The highest BCUT2D eigenvalue weighted by Crippen LogP contribution is 2.31. The highest BCUT2D eigenvalue weighted by atomic mass is 19.1. The van der Waals surface area contributed by atoms with Gasteiger partial charge in [0.1, 0.15) is 11.6 Å². The van der Waals surface area contributed by atoms with E-state index in [0.29, 0.717) is 16.5 Å². The van der Waals surface area contributed by atoms with Crippen molar-refractivity contribution < 1.29 is 9.50 Å². The van der Waals surface area contributed by atoms with Crippen molar-refractivity contribution in [3.05, 3.63) is 64.7 Å². The van der Waals surface area contributed by atoms with Gasteiger partial charge in [0.05, 0.1) is 11.1 Å². The Bertz CT molecular complexity index is 807. The van der Waals surface area contributed by atoms with Crippen LogP contribution in [0.2, 0.25) is 0 Å². The molecule has 108 valence electrons. The molecule has 0 spiro atoms. The van der Waals surface area contributed by atoms with Gasteiger partial charge in [-0.15, -0.1) is 0 Å². The molecule has 0 bridgehead atoms. The zero-order valence-electron chi connectivity index (χ0n) is 11.9. The van der Waals surface area contributed by atoms with E-state index >= 15 is 0 Å². The molecule has 0 aliphatic carbocycles. The number of pyridine rings is 1. The Morgan fingerprint density at radius 2 is 1.62 bits per heavy atom. The Hall–Kier alpha value is -2.62. The molecule has 0 fully saturated rings. The molecule has 0 saturated heterocycles. The maximum Gasteiger partial charge on any atom is 0.260 e. The molecule has 1 heterocycles. The van der Waals surface area contributed by atoms with Gasteiger partial charge in [0.25, 0.3) is 5.56 Å². The van der Waals surface area contributed by atoms with Crippen LogP contribution in [0.25, 0.3) is 22.0 Å². The molecule has 1 aromatic heterocycles. The Balaban J connectivity index is 0.000000774. The third-order valence-corrected chi connectivity index (χ3v) is 3.03. The molecular weight excluding hydrogens is 269 g/mol. The zero-order valence-corrected chi connectivity index (χ0v) is 11.9. The van der Waals surface area contributed by atoms with Gasteiger partial charge >= 0.3 is 0 Å². The number of hydrogen-bond acceptors (Lipinski definition) is 2. The van der Waals surface area contributed by atoms with Crippen molar-refractivity contribution in [3.8, 4) is 16.9 Å². The van der Waals surface area contributed by atoms with Gasteiger partial charge in [-0.1, -0.05) is 38.1 Å². The third-order valence-electron chi connectivity index (χ3n) is 3.03. The fourth-order valence-corrected chi connectivity index (χ4v) is 2.11. The number of hydrogen-bond donors (Lipinski definition) is 2. The summed E-state index contributed by atoms with van der Waals surface area (Å²) in [7, 11) is 0. The first kappa shape index (κ1) is 14.8. The number of aromatic nitrogens is 1. The number of para-hydroxylation sites is 1. The largest absolute Gasteiger partial charge is 0.506 e. The van der Waals surface area contributed by atoms with Crippen molar-refractivity contribution in [2.45, 2.75) is 13.8 Å². The average molecular weight is 285 g/mol. The van der Waals surface area contributed by atoms with Gasteiger partial charge in [0.2, 0.25) is 0 Å². The minimum absolute atomic E-state index is 0.0917. The molecule has 4 heteroatoms. The molecule has 21 heavy (non-hydrogen) atoms. The lowest BCUT2D eigenvalue weighted by molar-refractivity contribution is 0.482. The van der Waals surface area contributed by atoms with Crippen molar-refractivity contribution in [1.82, 2.24) is 4.98 Å². The highest BCUT2D eigenvalue weighted by Gasteiger charge is 2.13. The Morgan fingerprint density at radius 1 is 1.00 bits per heavy atom. The summed E-state index contributed by atoms with van der Waals surface area (Å²) in [6, 6.07) is 12.4. The topological polar surface area (TPSA) is 53.1 Å². The summed E-state index contributed by atoms with van der Waals surface area (Å²) in [5, 5.41) is 10.8. The van der Waals surface area contributed by atoms with E-state index in [1.165, 1.54) is 24.3 Å². The van der Waals surface area contributed by atoms with Crippen LogP contribution in [0.1, 0.15) is 13.8 Å². The van der Waals surface area contributed by atoms with Crippen molar-refractivity contribution >= 4 is 10.9 Å². The number of H-pyrrole nitrogens is 1. The Kier molecular flexibility index (Phi) is 4.38. The van der Waals surface area contributed by atoms with Gasteiger partial charge in [-0.3, -0.25) is 4.79 Å². The molecule has 0 radical (unpaired) electrons. The minimum Gasteiger partial charge on any atom is -0.506 e. The predicted molar refractivity (Wildman–Crippen MR) is 83.0 cm³/mol. The molecule has 2 N–H and O–H groups in total. The van der Waals surface area contributed by atoms with Gasteiger partial charge in [-0.25, -0.2) is 4.39 Å². The van der Waals surface area contributed by atoms with Gasteiger partial charge in [0, 0.05) is 5.39 Å². The minimum atomic E-state index is -0.400. The smallest absolute Gasteiger partial charge is 0.260 e. The quantitative estimate of drug-likeness (QED) is 0.708. The first-order chi connectivity index (χ1) is 10.2. The van der Waals surface area contributed by atoms with E-state index in [2.05, 4.69) is 4.98 Å². The van der Waals surface area contributed by atoms with Crippen LogP contribution in [0.3, 0.4) is 0 Å². The first-order valence-electron chi connectivity index (χ1n) is 6.77. The molecule has 0 atom stereocenters. The van der Waals surface area contributed by atoms with Crippen LogP contribution in [-0.4, -0.2) is 10.1 Å². The maximum atomic E-state index is 12.9. The van der Waals surface area contributed by atoms with Crippen molar-refractivity contribution in [2.75, 3.05) is 0 Å². The van der Waals surface area contributed by atoms with E-state index in [1.807, 2.05) is 13.8 Å². The van der Waals surface area contributed by atoms with Crippen LogP contribution in [0.5, 0.6) is 5.75 Å². The number of halogens is 1. The van der Waals surface area contributed by atoms with E-state index in [4.69, 9.17) is 0 Å². The summed E-state index contributed by atoms with van der Waals surface area (Å²) in [6.07, 6.45) is 0. The van der Waals surface area contributed by atoms with Crippen LogP contribution in [0.4, 0.5) is 4.39 Å². The molecule has 3 nitrogen and oxygen atoms in total. The van der Waals surface area contributed by atoms with Gasteiger partial charge in [-0.05, 0) is 29.8 Å². The number of rotatable bonds is 1. The van der Waals surface area contributed by atoms with Crippen LogP contribution >= 0.6 is 0 Å². The summed E-state index contributed by atoms with van der Waals surface area (Å²) in [4.78, 5) is 14.7. The predicted octanol–water partition coefficient (Wildman–Crippen LogP) is 4.07. The number of aromatic amines is 1. The van der Waals surface area contributed by atoms with E-state index < -0.39 is 5.56 Å². The monoisotopic (exact) mass is 285 g/mol. The molecule has 2 aromatic carbocycles. The molecule has 3 rings (SSSR count). The number of nitrogens with one attached hydrogen (secondary N) is 1. The van der Waals surface area contributed by atoms with Crippen LogP contribution in [0, 0.1) is 5.82 Å². The van der Waals surface area contributed by atoms with E-state index in [1.54, 1.807) is 24.3 Å². The third kappa shape index (κ3) is 2.79. The normalized spacial score (nSPS) is 10.0. The highest BCUT2D eigenvalue weighted by molar-refractivity contribution is 5.91. The molecule has 0 aliphatic rings. The van der Waals surface area contributed by atoms with Crippen LogP contribution in [0.15, 0.2) is 53.3 Å². The number of benzene rings is 2.